The third kappa shape index (κ3) is 16.0. The lowest BCUT2D eigenvalue weighted by Crippen LogP contribution is -2.19. The van der Waals surface area contributed by atoms with Gasteiger partial charge in [0.2, 0.25) is 0 Å². The fourth-order valence-corrected chi connectivity index (χ4v) is 2.60. The van der Waals surface area contributed by atoms with Crippen molar-refractivity contribution in [3.8, 4) is 0 Å². The van der Waals surface area contributed by atoms with Crippen LogP contribution < -0.4 is 11.1 Å². The standard InChI is InChI=1S/C15H26N2.C4H8.C2H6.CH5N/c1-4-7-15(13(5-2)9-11-16-3)14-8-6-10-17-12-14;1-3-4-2;2*1-2/h6,8,10,12-13,15-16H,4-5,7,9,11H2,1-3H3;3-4H,1-2H3;1-2H3;2H2,1H3/b;4-3-;;. The molecule has 3 nitrogen and oxygen atoms in total. The molecule has 1 aromatic rings. The van der Waals surface area contributed by atoms with Gasteiger partial charge in [0.1, 0.15) is 0 Å². The van der Waals surface area contributed by atoms with Gasteiger partial charge in [-0.1, -0.05) is 58.8 Å². The van der Waals surface area contributed by atoms with E-state index in [0.29, 0.717) is 5.92 Å². The second kappa shape index (κ2) is 25.1. The van der Waals surface area contributed by atoms with Crippen LogP contribution >= 0.6 is 0 Å². The number of allylic oxidation sites excluding steroid dienone is 2. The lowest BCUT2D eigenvalue weighted by atomic mass is 9.80. The van der Waals surface area contributed by atoms with Crippen molar-refractivity contribution < 1.29 is 0 Å². The number of nitrogens with one attached hydrogen (secondary N) is 1. The summed E-state index contributed by atoms with van der Waals surface area (Å²) in [7, 11) is 3.53. The van der Waals surface area contributed by atoms with Crippen LogP contribution in [0.25, 0.3) is 0 Å². The minimum atomic E-state index is 0.673. The molecule has 0 amide bonds. The van der Waals surface area contributed by atoms with E-state index in [0.717, 1.165) is 12.5 Å². The van der Waals surface area contributed by atoms with E-state index in [1.54, 1.807) is 0 Å². The van der Waals surface area contributed by atoms with Crippen LogP contribution in [0.4, 0.5) is 0 Å². The Balaban J connectivity index is -0.000000518. The van der Waals surface area contributed by atoms with E-state index in [2.05, 4.69) is 42.0 Å². The zero-order valence-electron chi connectivity index (χ0n) is 18.2. The topological polar surface area (TPSA) is 50.9 Å². The number of nitrogens with zero attached hydrogens (tertiary/aromatic N) is 1. The fraction of sp³-hybridized carbons (Fsp3) is 0.682. The first-order valence-electron chi connectivity index (χ1n) is 9.94. The van der Waals surface area contributed by atoms with Crippen molar-refractivity contribution in [3.63, 3.8) is 0 Å². The van der Waals surface area contributed by atoms with Crippen LogP contribution in [0.2, 0.25) is 0 Å². The van der Waals surface area contributed by atoms with E-state index in [9.17, 15) is 0 Å². The Bertz CT molecular complexity index is 346. The number of aromatic nitrogens is 1. The highest BCUT2D eigenvalue weighted by Crippen LogP contribution is 2.33. The lowest BCUT2D eigenvalue weighted by Gasteiger charge is -2.26. The molecule has 0 spiro atoms. The number of rotatable bonds is 8. The summed E-state index contributed by atoms with van der Waals surface area (Å²) < 4.78 is 0. The van der Waals surface area contributed by atoms with E-state index in [1.807, 2.05) is 59.3 Å². The normalized spacial score (nSPS) is 11.9. The molecule has 1 rings (SSSR count). The predicted molar refractivity (Wildman–Crippen MR) is 116 cm³/mol. The molecule has 1 aromatic heterocycles. The number of hydrogen-bond donors (Lipinski definition) is 2. The van der Waals surface area contributed by atoms with Crippen molar-refractivity contribution in [3.05, 3.63) is 42.2 Å². The Morgan fingerprint density at radius 2 is 1.72 bits per heavy atom. The fourth-order valence-electron chi connectivity index (χ4n) is 2.60. The maximum atomic E-state index is 4.50. The van der Waals surface area contributed by atoms with Gasteiger partial charge in [-0.25, -0.2) is 0 Å². The van der Waals surface area contributed by atoms with Crippen LogP contribution in [0.5, 0.6) is 0 Å². The quantitative estimate of drug-likeness (QED) is 0.583. The summed E-state index contributed by atoms with van der Waals surface area (Å²) in [4.78, 5) is 4.27. The van der Waals surface area contributed by atoms with E-state index in [1.165, 1.54) is 38.3 Å². The Kier molecular flexibility index (Phi) is 28.7. The molecule has 25 heavy (non-hydrogen) atoms. The molecule has 0 saturated heterocycles. The summed E-state index contributed by atoms with van der Waals surface area (Å²) in [5.41, 5.74) is 5.91. The second-order valence-electron chi connectivity index (χ2n) is 5.41. The van der Waals surface area contributed by atoms with Gasteiger partial charge in [0, 0.05) is 12.4 Å². The molecule has 0 aliphatic rings. The maximum absolute atomic E-state index is 4.50. The minimum Gasteiger partial charge on any atom is -0.333 e. The van der Waals surface area contributed by atoms with Crippen LogP contribution in [-0.2, 0) is 0 Å². The molecule has 0 saturated carbocycles. The van der Waals surface area contributed by atoms with Gasteiger partial charge in [0.25, 0.3) is 0 Å². The van der Waals surface area contributed by atoms with Crippen LogP contribution in [0.15, 0.2) is 36.7 Å². The highest BCUT2D eigenvalue weighted by atomic mass is 14.8. The summed E-state index contributed by atoms with van der Waals surface area (Å²) in [6.45, 7) is 13.7. The Labute approximate surface area is 158 Å². The molecule has 2 atom stereocenters. The van der Waals surface area contributed by atoms with Gasteiger partial charge in [-0.2, -0.15) is 0 Å². The Morgan fingerprint density at radius 3 is 2.08 bits per heavy atom. The molecule has 0 radical (unpaired) electrons. The molecular formula is C22H45N3. The van der Waals surface area contributed by atoms with Gasteiger partial charge in [-0.05, 0) is 70.8 Å². The van der Waals surface area contributed by atoms with E-state index in [4.69, 9.17) is 0 Å². The smallest absolute Gasteiger partial charge is 0.0302 e. The van der Waals surface area contributed by atoms with E-state index < -0.39 is 0 Å². The third-order valence-corrected chi connectivity index (χ3v) is 3.90. The maximum Gasteiger partial charge on any atom is 0.0302 e. The van der Waals surface area contributed by atoms with Crippen molar-refractivity contribution in [2.24, 2.45) is 11.7 Å². The van der Waals surface area contributed by atoms with Gasteiger partial charge in [0.15, 0.2) is 0 Å². The Hall–Kier alpha value is -1.19. The van der Waals surface area contributed by atoms with Gasteiger partial charge >= 0.3 is 0 Å². The van der Waals surface area contributed by atoms with Crippen LogP contribution in [-0.4, -0.2) is 25.6 Å². The van der Waals surface area contributed by atoms with Gasteiger partial charge in [-0.3, -0.25) is 4.98 Å². The molecule has 0 bridgehead atoms. The molecule has 3 heteroatoms. The highest BCUT2D eigenvalue weighted by molar-refractivity contribution is 5.15. The molecule has 0 fully saturated rings. The van der Waals surface area contributed by atoms with Crippen molar-refractivity contribution >= 4 is 0 Å². The summed E-state index contributed by atoms with van der Waals surface area (Å²) in [5.74, 6) is 1.44. The minimum absolute atomic E-state index is 0.673. The zero-order valence-corrected chi connectivity index (χ0v) is 18.2. The molecule has 0 aromatic carbocycles. The summed E-state index contributed by atoms with van der Waals surface area (Å²) >= 11 is 0. The number of nitrogens with two attached hydrogens (primary N) is 1. The molecule has 148 valence electrons. The first-order valence-corrected chi connectivity index (χ1v) is 9.94. The third-order valence-electron chi connectivity index (χ3n) is 3.90. The summed E-state index contributed by atoms with van der Waals surface area (Å²) in [5, 5.41) is 3.27. The van der Waals surface area contributed by atoms with Crippen LogP contribution in [0, 0.1) is 5.92 Å². The first kappa shape index (κ1) is 28.6. The lowest BCUT2D eigenvalue weighted by molar-refractivity contribution is 0.359. The summed E-state index contributed by atoms with van der Waals surface area (Å²) in [6, 6.07) is 4.29. The van der Waals surface area contributed by atoms with Crippen molar-refractivity contribution in [1.82, 2.24) is 10.3 Å². The number of hydrogen-bond acceptors (Lipinski definition) is 3. The molecule has 1 heterocycles. The van der Waals surface area contributed by atoms with E-state index in [-0.39, 0.29) is 0 Å². The van der Waals surface area contributed by atoms with Crippen molar-refractivity contribution in [2.75, 3.05) is 20.6 Å². The van der Waals surface area contributed by atoms with E-state index >= 15 is 0 Å². The highest BCUT2D eigenvalue weighted by Gasteiger charge is 2.20. The van der Waals surface area contributed by atoms with Gasteiger partial charge < -0.3 is 11.1 Å². The predicted octanol–water partition coefficient (Wildman–Crippen LogP) is 5.78. The van der Waals surface area contributed by atoms with Gasteiger partial charge in [-0.15, -0.1) is 0 Å². The second-order valence-corrected chi connectivity index (χ2v) is 5.41. The monoisotopic (exact) mass is 351 g/mol. The SMILES string of the molecule is C/C=C\C.CC.CCCC(c1cccnc1)C(CC)CCNC.CN. The number of pyridine rings is 1. The van der Waals surface area contributed by atoms with Crippen LogP contribution in [0.1, 0.15) is 78.7 Å². The Morgan fingerprint density at radius 1 is 1.12 bits per heavy atom. The average molecular weight is 352 g/mol. The molecule has 0 aliphatic heterocycles. The van der Waals surface area contributed by atoms with Crippen molar-refractivity contribution in [2.45, 2.75) is 73.1 Å². The zero-order chi connectivity index (χ0) is 19.9. The molecule has 0 aliphatic carbocycles. The largest absolute Gasteiger partial charge is 0.333 e. The molecule has 2 unspecified atom stereocenters. The summed E-state index contributed by atoms with van der Waals surface area (Å²) in [6.07, 6.45) is 12.9. The average Bonchev–Trinajstić information content (AvgIpc) is 2.71. The van der Waals surface area contributed by atoms with Gasteiger partial charge in [0.05, 0.1) is 0 Å². The first-order chi connectivity index (χ1) is 12.2. The van der Waals surface area contributed by atoms with Crippen LogP contribution in [0.3, 0.4) is 0 Å². The molecular weight excluding hydrogens is 306 g/mol. The molecule has 3 N–H and O–H groups in total. The van der Waals surface area contributed by atoms with Crippen molar-refractivity contribution in [1.29, 1.82) is 0 Å².